The summed E-state index contributed by atoms with van der Waals surface area (Å²) < 4.78 is 32.9. The number of phosphoric ester groups is 1. The van der Waals surface area contributed by atoms with E-state index >= 15 is 0 Å². The van der Waals surface area contributed by atoms with Crippen LogP contribution in [0.3, 0.4) is 0 Å². The van der Waals surface area contributed by atoms with Gasteiger partial charge in [-0.05, 0) is 64.2 Å². The fourth-order valence-corrected chi connectivity index (χ4v) is 9.38. The number of ether oxygens (including phenoxy) is 2. The van der Waals surface area contributed by atoms with Gasteiger partial charge in [0.2, 0.25) is 0 Å². The SMILES string of the molecule is CCC/C=C\C/C=C\CCCCCCCC(=O)OC(COC(=O)CCCCCCCCCCCCCCCCCCCCCCCCC/C=C\CCCCCCCCCC)COP(=O)(O)OCCN. The minimum absolute atomic E-state index is 0.0520. The maximum atomic E-state index is 12.6. The Kier molecular flexibility index (Phi) is 54.1. The monoisotopic (exact) mass is 994 g/mol. The highest BCUT2D eigenvalue weighted by Crippen LogP contribution is 2.43. The predicted molar refractivity (Wildman–Crippen MR) is 294 cm³/mol. The Morgan fingerprint density at radius 3 is 1.17 bits per heavy atom. The zero-order valence-corrected chi connectivity index (χ0v) is 46.2. The molecule has 0 saturated heterocycles. The highest BCUT2D eigenvalue weighted by Gasteiger charge is 2.26. The van der Waals surface area contributed by atoms with Crippen LogP contribution in [-0.4, -0.2) is 49.3 Å². The van der Waals surface area contributed by atoms with E-state index in [0.29, 0.717) is 6.42 Å². The molecule has 0 aromatic heterocycles. The zero-order valence-electron chi connectivity index (χ0n) is 45.3. The molecule has 0 aliphatic rings. The van der Waals surface area contributed by atoms with Gasteiger partial charge in [-0.1, -0.05) is 256 Å². The number of unbranched alkanes of at least 4 members (excludes halogenated alkanes) is 37. The molecule has 2 unspecified atom stereocenters. The second-order valence-electron chi connectivity index (χ2n) is 19.9. The molecule has 10 heteroatoms. The summed E-state index contributed by atoms with van der Waals surface area (Å²) in [5.41, 5.74) is 5.37. The van der Waals surface area contributed by atoms with Crippen LogP contribution in [0.2, 0.25) is 0 Å². The average molecular weight is 995 g/mol. The normalized spacial score (nSPS) is 13.3. The Morgan fingerprint density at radius 1 is 0.435 bits per heavy atom. The van der Waals surface area contributed by atoms with Crippen LogP contribution >= 0.6 is 7.82 Å². The molecule has 69 heavy (non-hydrogen) atoms. The van der Waals surface area contributed by atoms with Gasteiger partial charge >= 0.3 is 19.8 Å². The van der Waals surface area contributed by atoms with Crippen molar-refractivity contribution in [3.8, 4) is 0 Å². The first-order chi connectivity index (χ1) is 33.8. The molecule has 9 nitrogen and oxygen atoms in total. The van der Waals surface area contributed by atoms with E-state index in [9.17, 15) is 19.0 Å². The van der Waals surface area contributed by atoms with Crippen LogP contribution in [-0.2, 0) is 32.7 Å². The minimum atomic E-state index is -4.38. The third-order valence-electron chi connectivity index (χ3n) is 13.0. The Hall–Kier alpha value is -1.77. The fourth-order valence-electron chi connectivity index (χ4n) is 8.61. The Balaban J connectivity index is 3.76. The topological polar surface area (TPSA) is 134 Å². The molecular formula is C59H112NO8P. The molecule has 0 aliphatic heterocycles. The summed E-state index contributed by atoms with van der Waals surface area (Å²) >= 11 is 0. The van der Waals surface area contributed by atoms with E-state index in [1.165, 1.54) is 199 Å². The quantitative estimate of drug-likeness (QED) is 0.0264. The van der Waals surface area contributed by atoms with Crippen LogP contribution in [0.5, 0.6) is 0 Å². The number of rotatable bonds is 56. The summed E-state index contributed by atoms with van der Waals surface area (Å²) in [5, 5.41) is 0. The van der Waals surface area contributed by atoms with Gasteiger partial charge in [0.1, 0.15) is 6.61 Å². The first-order valence-electron chi connectivity index (χ1n) is 29.5. The zero-order chi connectivity index (χ0) is 50.2. The summed E-state index contributed by atoms with van der Waals surface area (Å²) in [5.74, 6) is -0.833. The lowest BCUT2D eigenvalue weighted by atomic mass is 10.0. The first kappa shape index (κ1) is 67.2. The third-order valence-corrected chi connectivity index (χ3v) is 14.0. The molecule has 0 heterocycles. The van der Waals surface area contributed by atoms with Crippen LogP contribution in [0.4, 0.5) is 0 Å². The van der Waals surface area contributed by atoms with Crippen LogP contribution < -0.4 is 5.73 Å². The van der Waals surface area contributed by atoms with Crippen LogP contribution in [0, 0.1) is 0 Å². The highest BCUT2D eigenvalue weighted by molar-refractivity contribution is 7.47. The second-order valence-corrected chi connectivity index (χ2v) is 21.3. The van der Waals surface area contributed by atoms with Crippen molar-refractivity contribution in [1.29, 1.82) is 0 Å². The fraction of sp³-hybridized carbons (Fsp3) is 0.864. The van der Waals surface area contributed by atoms with Crippen LogP contribution in [0.15, 0.2) is 36.5 Å². The van der Waals surface area contributed by atoms with Gasteiger partial charge in [0, 0.05) is 19.4 Å². The number of phosphoric acid groups is 1. The summed E-state index contributed by atoms with van der Waals surface area (Å²) in [7, 11) is -4.38. The molecule has 0 aromatic rings. The van der Waals surface area contributed by atoms with Gasteiger partial charge in [0.05, 0.1) is 13.2 Å². The standard InChI is InChI=1S/C59H112NO8P/c1-3-5-7-9-11-13-15-17-18-19-20-21-22-23-24-25-26-27-28-29-30-31-32-33-34-35-36-37-38-40-41-43-45-47-49-51-58(61)65-55-57(56-67-69(63,64)66-54-53-60)68-59(62)52-50-48-46-44-42-39-16-14-12-10-8-6-4-2/h8,10,14,16,19-20,57H,3-7,9,11-13,15,17-18,21-56,60H2,1-2H3,(H,63,64)/b10-8-,16-14-,20-19-. The van der Waals surface area contributed by atoms with Crippen molar-refractivity contribution in [3.63, 3.8) is 0 Å². The van der Waals surface area contributed by atoms with E-state index in [1.54, 1.807) is 0 Å². The minimum Gasteiger partial charge on any atom is -0.462 e. The number of esters is 2. The Labute approximate surface area is 426 Å². The number of carbonyl (C=O) groups excluding carboxylic acids is 2. The van der Waals surface area contributed by atoms with Crippen molar-refractivity contribution in [1.82, 2.24) is 0 Å². The maximum absolute atomic E-state index is 12.6. The van der Waals surface area contributed by atoms with Crippen molar-refractivity contribution in [2.24, 2.45) is 5.73 Å². The molecule has 0 amide bonds. The van der Waals surface area contributed by atoms with Crippen molar-refractivity contribution in [2.75, 3.05) is 26.4 Å². The largest absolute Gasteiger partial charge is 0.472 e. The lowest BCUT2D eigenvalue weighted by Crippen LogP contribution is -2.29. The molecule has 0 saturated carbocycles. The lowest BCUT2D eigenvalue weighted by Gasteiger charge is -2.19. The van der Waals surface area contributed by atoms with Crippen LogP contribution in [0.25, 0.3) is 0 Å². The number of hydrogen-bond acceptors (Lipinski definition) is 8. The smallest absolute Gasteiger partial charge is 0.462 e. The van der Waals surface area contributed by atoms with Gasteiger partial charge in [-0.15, -0.1) is 0 Å². The van der Waals surface area contributed by atoms with Crippen molar-refractivity contribution in [3.05, 3.63) is 36.5 Å². The molecule has 0 radical (unpaired) electrons. The van der Waals surface area contributed by atoms with E-state index in [0.717, 1.165) is 64.2 Å². The predicted octanol–water partition coefficient (Wildman–Crippen LogP) is 18.4. The van der Waals surface area contributed by atoms with Gasteiger partial charge in [0.15, 0.2) is 6.10 Å². The molecule has 0 rings (SSSR count). The van der Waals surface area contributed by atoms with Crippen molar-refractivity contribution in [2.45, 2.75) is 302 Å². The van der Waals surface area contributed by atoms with E-state index in [4.69, 9.17) is 24.3 Å². The Morgan fingerprint density at radius 2 is 0.783 bits per heavy atom. The number of nitrogens with two attached hydrogens (primary N) is 1. The van der Waals surface area contributed by atoms with Gasteiger partial charge in [-0.3, -0.25) is 18.6 Å². The van der Waals surface area contributed by atoms with E-state index in [2.05, 4.69) is 50.3 Å². The van der Waals surface area contributed by atoms with E-state index in [-0.39, 0.29) is 38.6 Å². The molecule has 0 spiro atoms. The molecule has 0 aromatic carbocycles. The molecule has 0 aliphatic carbocycles. The van der Waals surface area contributed by atoms with Gasteiger partial charge < -0.3 is 20.1 Å². The number of allylic oxidation sites excluding steroid dienone is 6. The first-order valence-corrected chi connectivity index (χ1v) is 31.0. The summed E-state index contributed by atoms with van der Waals surface area (Å²) in [4.78, 5) is 35.0. The van der Waals surface area contributed by atoms with Crippen molar-refractivity contribution >= 4 is 19.8 Å². The summed E-state index contributed by atoms with van der Waals surface area (Å²) in [6.45, 7) is 3.69. The van der Waals surface area contributed by atoms with Gasteiger partial charge in [-0.25, -0.2) is 4.57 Å². The van der Waals surface area contributed by atoms with E-state index < -0.39 is 26.5 Å². The molecule has 0 fully saturated rings. The highest BCUT2D eigenvalue weighted by atomic mass is 31.2. The molecule has 406 valence electrons. The summed E-state index contributed by atoms with van der Waals surface area (Å²) in [6.07, 6.45) is 66.7. The van der Waals surface area contributed by atoms with Gasteiger partial charge in [0.25, 0.3) is 0 Å². The lowest BCUT2D eigenvalue weighted by molar-refractivity contribution is -0.161. The summed E-state index contributed by atoms with van der Waals surface area (Å²) in [6, 6.07) is 0. The van der Waals surface area contributed by atoms with Crippen molar-refractivity contribution < 1.29 is 37.6 Å². The maximum Gasteiger partial charge on any atom is 0.472 e. The Bertz CT molecular complexity index is 1220. The average Bonchev–Trinajstić information content (AvgIpc) is 3.34. The molecule has 0 bridgehead atoms. The van der Waals surface area contributed by atoms with Crippen LogP contribution in [0.1, 0.15) is 296 Å². The third kappa shape index (κ3) is 55.4. The van der Waals surface area contributed by atoms with E-state index in [1.807, 2.05) is 0 Å². The van der Waals surface area contributed by atoms with Gasteiger partial charge in [-0.2, -0.15) is 0 Å². The molecular weight excluding hydrogens is 882 g/mol. The molecule has 3 N–H and O–H groups in total. The molecule has 2 atom stereocenters. The second kappa shape index (κ2) is 55.5. The number of carbonyl (C=O) groups is 2. The number of hydrogen-bond donors (Lipinski definition) is 2.